The van der Waals surface area contributed by atoms with Gasteiger partial charge in [-0.2, -0.15) is 0 Å². The SMILES string of the molecule is Cc1ccc(-n2c(C)cc(C(=O)COc3ccc(S(C)(=O)=O)cc3)c2C)cc1C. The summed E-state index contributed by atoms with van der Waals surface area (Å²) < 4.78 is 30.7. The van der Waals surface area contributed by atoms with Crippen LogP contribution in [0.5, 0.6) is 5.75 Å². The Bertz CT molecular complexity index is 1170. The average molecular weight is 412 g/mol. The summed E-state index contributed by atoms with van der Waals surface area (Å²) in [5, 5.41) is 0. The van der Waals surface area contributed by atoms with Crippen molar-refractivity contribution in [1.29, 1.82) is 0 Å². The fourth-order valence-electron chi connectivity index (χ4n) is 3.32. The van der Waals surface area contributed by atoms with E-state index in [1.54, 1.807) is 12.1 Å². The van der Waals surface area contributed by atoms with E-state index >= 15 is 0 Å². The first kappa shape index (κ1) is 20.9. The Balaban J connectivity index is 1.79. The van der Waals surface area contributed by atoms with Crippen LogP contribution < -0.4 is 4.74 Å². The molecule has 2 aromatic carbocycles. The summed E-state index contributed by atoms with van der Waals surface area (Å²) in [5.41, 5.74) is 5.91. The van der Waals surface area contributed by atoms with Crippen molar-refractivity contribution in [3.05, 3.63) is 76.6 Å². The predicted octanol–water partition coefficient (Wildman–Crippen LogP) is 4.38. The summed E-state index contributed by atoms with van der Waals surface area (Å²) in [6.07, 6.45) is 1.15. The van der Waals surface area contributed by atoms with Crippen LogP contribution in [0.2, 0.25) is 0 Å². The number of hydrogen-bond acceptors (Lipinski definition) is 4. The molecule has 1 heterocycles. The molecule has 0 saturated carbocycles. The zero-order chi connectivity index (χ0) is 21.3. The van der Waals surface area contributed by atoms with Crippen LogP contribution in [0.3, 0.4) is 0 Å². The molecule has 29 heavy (non-hydrogen) atoms. The number of rotatable bonds is 6. The summed E-state index contributed by atoms with van der Waals surface area (Å²) in [5.74, 6) is 0.328. The Kier molecular flexibility index (Phi) is 5.66. The standard InChI is InChI=1S/C23H25NO4S/c1-15-6-7-19(12-16(15)2)24-17(3)13-22(18(24)4)23(25)14-28-20-8-10-21(11-9-20)29(5,26)27/h6-13H,14H2,1-5H3. The van der Waals surface area contributed by atoms with Crippen LogP contribution in [0.1, 0.15) is 32.9 Å². The number of aryl methyl sites for hydroxylation is 3. The molecule has 0 atom stereocenters. The number of benzene rings is 2. The molecule has 5 nitrogen and oxygen atoms in total. The Morgan fingerprint density at radius 3 is 2.17 bits per heavy atom. The number of carbonyl (C=O) groups is 1. The van der Waals surface area contributed by atoms with E-state index in [0.29, 0.717) is 11.3 Å². The van der Waals surface area contributed by atoms with Gasteiger partial charge in [-0.3, -0.25) is 4.79 Å². The van der Waals surface area contributed by atoms with Crippen LogP contribution in [0.25, 0.3) is 5.69 Å². The molecule has 0 amide bonds. The first-order valence-electron chi connectivity index (χ1n) is 9.30. The summed E-state index contributed by atoms with van der Waals surface area (Å²) in [6.45, 7) is 7.93. The van der Waals surface area contributed by atoms with Gasteiger partial charge in [-0.1, -0.05) is 6.07 Å². The van der Waals surface area contributed by atoms with Crippen molar-refractivity contribution >= 4 is 15.6 Å². The van der Waals surface area contributed by atoms with E-state index < -0.39 is 9.84 Å². The van der Waals surface area contributed by atoms with Crippen molar-refractivity contribution in [2.75, 3.05) is 12.9 Å². The fourth-order valence-corrected chi connectivity index (χ4v) is 3.95. The molecule has 0 aliphatic rings. The lowest BCUT2D eigenvalue weighted by molar-refractivity contribution is 0.0921. The first-order valence-corrected chi connectivity index (χ1v) is 11.2. The molecule has 0 saturated heterocycles. The van der Waals surface area contributed by atoms with Crippen molar-refractivity contribution in [1.82, 2.24) is 4.57 Å². The molecule has 152 valence electrons. The lowest BCUT2D eigenvalue weighted by Crippen LogP contribution is -2.13. The zero-order valence-electron chi connectivity index (χ0n) is 17.3. The molecular formula is C23H25NO4S. The molecule has 6 heteroatoms. The van der Waals surface area contributed by atoms with Crippen molar-refractivity contribution in [3.63, 3.8) is 0 Å². The number of aromatic nitrogens is 1. The largest absolute Gasteiger partial charge is 0.485 e. The number of sulfone groups is 1. The topological polar surface area (TPSA) is 65.4 Å². The van der Waals surface area contributed by atoms with Crippen LogP contribution in [0.4, 0.5) is 0 Å². The second-order valence-electron chi connectivity index (χ2n) is 7.34. The highest BCUT2D eigenvalue weighted by atomic mass is 32.2. The maximum atomic E-state index is 12.7. The van der Waals surface area contributed by atoms with Gasteiger partial charge < -0.3 is 9.30 Å². The molecule has 3 aromatic rings. The Labute approximate surface area is 171 Å². The van der Waals surface area contributed by atoms with Gasteiger partial charge in [0, 0.05) is 28.9 Å². The third-order valence-electron chi connectivity index (χ3n) is 5.10. The van der Waals surface area contributed by atoms with Gasteiger partial charge in [0.1, 0.15) is 5.75 Å². The summed E-state index contributed by atoms with van der Waals surface area (Å²) in [7, 11) is -3.26. The third kappa shape index (κ3) is 4.43. The third-order valence-corrected chi connectivity index (χ3v) is 6.23. The van der Waals surface area contributed by atoms with E-state index in [2.05, 4.69) is 36.6 Å². The maximum absolute atomic E-state index is 12.7. The molecule has 0 N–H and O–H groups in total. The van der Waals surface area contributed by atoms with E-state index in [1.165, 1.54) is 23.3 Å². The predicted molar refractivity (Wildman–Crippen MR) is 114 cm³/mol. The minimum Gasteiger partial charge on any atom is -0.485 e. The molecule has 1 aromatic heterocycles. The normalized spacial score (nSPS) is 11.5. The van der Waals surface area contributed by atoms with E-state index in [-0.39, 0.29) is 17.3 Å². The minimum atomic E-state index is -3.26. The van der Waals surface area contributed by atoms with Crippen LogP contribution in [-0.4, -0.2) is 31.6 Å². The molecular weight excluding hydrogens is 386 g/mol. The van der Waals surface area contributed by atoms with Gasteiger partial charge in [0.25, 0.3) is 0 Å². The highest BCUT2D eigenvalue weighted by Crippen LogP contribution is 2.23. The second kappa shape index (κ2) is 7.87. The van der Waals surface area contributed by atoms with Gasteiger partial charge in [0.2, 0.25) is 5.78 Å². The van der Waals surface area contributed by atoms with Gasteiger partial charge in [-0.15, -0.1) is 0 Å². The van der Waals surface area contributed by atoms with Crippen LogP contribution >= 0.6 is 0 Å². The highest BCUT2D eigenvalue weighted by Gasteiger charge is 2.17. The van der Waals surface area contributed by atoms with Crippen LogP contribution in [0.15, 0.2) is 53.4 Å². The number of hydrogen-bond donors (Lipinski definition) is 0. The van der Waals surface area contributed by atoms with Crippen molar-refractivity contribution in [2.24, 2.45) is 0 Å². The lowest BCUT2D eigenvalue weighted by Gasteiger charge is -2.12. The minimum absolute atomic E-state index is 0.116. The Hall–Kier alpha value is -2.86. The Morgan fingerprint density at radius 1 is 0.931 bits per heavy atom. The zero-order valence-corrected chi connectivity index (χ0v) is 18.1. The summed E-state index contributed by atoms with van der Waals surface area (Å²) in [4.78, 5) is 13.0. The van der Waals surface area contributed by atoms with Gasteiger partial charge >= 0.3 is 0 Å². The summed E-state index contributed by atoms with van der Waals surface area (Å²) >= 11 is 0. The molecule has 0 aliphatic heterocycles. The lowest BCUT2D eigenvalue weighted by atomic mass is 10.1. The molecule has 0 radical (unpaired) electrons. The van der Waals surface area contributed by atoms with Crippen molar-refractivity contribution in [2.45, 2.75) is 32.6 Å². The van der Waals surface area contributed by atoms with Crippen LogP contribution in [-0.2, 0) is 9.84 Å². The summed E-state index contributed by atoms with van der Waals surface area (Å²) in [6, 6.07) is 14.2. The number of ketones is 1. The average Bonchev–Trinajstić information content (AvgIpc) is 2.96. The van der Waals surface area contributed by atoms with Crippen molar-refractivity contribution < 1.29 is 17.9 Å². The van der Waals surface area contributed by atoms with E-state index in [4.69, 9.17) is 4.74 Å². The van der Waals surface area contributed by atoms with Gasteiger partial charge in [0.05, 0.1) is 4.90 Å². The number of Topliss-reactive ketones (excluding diaryl/α,β-unsaturated/α-hetero) is 1. The first-order chi connectivity index (χ1) is 13.6. The fraction of sp³-hybridized carbons (Fsp3) is 0.261. The number of carbonyl (C=O) groups excluding carboxylic acids is 1. The molecule has 0 fully saturated rings. The molecule has 0 aliphatic carbocycles. The van der Waals surface area contributed by atoms with Gasteiger partial charge in [0.15, 0.2) is 16.4 Å². The molecule has 0 bridgehead atoms. The number of ether oxygens (including phenoxy) is 1. The highest BCUT2D eigenvalue weighted by molar-refractivity contribution is 7.90. The van der Waals surface area contributed by atoms with E-state index in [0.717, 1.165) is 23.3 Å². The maximum Gasteiger partial charge on any atom is 0.202 e. The second-order valence-corrected chi connectivity index (χ2v) is 9.36. The van der Waals surface area contributed by atoms with Gasteiger partial charge in [-0.25, -0.2) is 8.42 Å². The quantitative estimate of drug-likeness (QED) is 0.565. The smallest absolute Gasteiger partial charge is 0.202 e. The monoisotopic (exact) mass is 411 g/mol. The molecule has 0 spiro atoms. The molecule has 3 rings (SSSR count). The Morgan fingerprint density at radius 2 is 1.59 bits per heavy atom. The number of nitrogens with zero attached hydrogens (tertiary/aromatic N) is 1. The molecule has 0 unspecified atom stereocenters. The van der Waals surface area contributed by atoms with E-state index in [1.807, 2.05) is 19.9 Å². The van der Waals surface area contributed by atoms with Crippen molar-refractivity contribution in [3.8, 4) is 11.4 Å². The van der Waals surface area contributed by atoms with Gasteiger partial charge in [-0.05, 0) is 81.3 Å². The van der Waals surface area contributed by atoms with Crippen LogP contribution in [0, 0.1) is 27.7 Å². The van der Waals surface area contributed by atoms with E-state index in [9.17, 15) is 13.2 Å².